The van der Waals surface area contributed by atoms with E-state index in [1.165, 1.54) is 0 Å². The van der Waals surface area contributed by atoms with E-state index < -0.39 is 0 Å². The smallest absolute Gasteiger partial charge is 0.223 e. The van der Waals surface area contributed by atoms with Crippen molar-refractivity contribution in [2.75, 3.05) is 27.7 Å². The van der Waals surface area contributed by atoms with E-state index in [1.54, 1.807) is 26.1 Å². The van der Waals surface area contributed by atoms with Gasteiger partial charge in [-0.25, -0.2) is 0 Å². The van der Waals surface area contributed by atoms with Crippen LogP contribution in [0.5, 0.6) is 5.75 Å². The molecular formula is C14H22N2O2. The molecule has 1 amide bonds. The summed E-state index contributed by atoms with van der Waals surface area (Å²) in [6.07, 6.45) is 0.506. The van der Waals surface area contributed by atoms with Gasteiger partial charge in [-0.3, -0.25) is 4.79 Å². The maximum Gasteiger partial charge on any atom is 0.223 e. The zero-order valence-electron chi connectivity index (χ0n) is 11.6. The predicted molar refractivity (Wildman–Crippen MR) is 72.7 cm³/mol. The average Bonchev–Trinajstić information content (AvgIpc) is 2.38. The number of nitrogens with one attached hydrogen (secondary N) is 1. The van der Waals surface area contributed by atoms with E-state index in [9.17, 15) is 4.79 Å². The zero-order valence-corrected chi connectivity index (χ0v) is 11.6. The first-order valence-corrected chi connectivity index (χ1v) is 6.12. The number of hydrogen-bond acceptors (Lipinski definition) is 3. The summed E-state index contributed by atoms with van der Waals surface area (Å²) in [7, 11) is 5.21. The number of rotatable bonds is 6. The molecule has 4 heteroatoms. The molecule has 1 N–H and O–H groups in total. The Bertz CT molecular complexity index is 391. The van der Waals surface area contributed by atoms with Gasteiger partial charge in [0.15, 0.2) is 0 Å². The van der Waals surface area contributed by atoms with E-state index >= 15 is 0 Å². The lowest BCUT2D eigenvalue weighted by atomic mass is 10.1. The number of nitrogens with zero attached hydrogens (tertiary/aromatic N) is 1. The maximum absolute atomic E-state index is 11.4. The minimum atomic E-state index is 0.134. The fourth-order valence-electron chi connectivity index (χ4n) is 1.75. The summed E-state index contributed by atoms with van der Waals surface area (Å²) in [5, 5.41) is 3.33. The Morgan fingerprint density at radius 2 is 2.06 bits per heavy atom. The van der Waals surface area contributed by atoms with Gasteiger partial charge in [0, 0.05) is 38.7 Å². The first-order valence-electron chi connectivity index (χ1n) is 6.12. The molecule has 0 aliphatic rings. The SMILES string of the molecule is COc1ccccc1[C@H](C)NCCC(=O)N(C)C. The standard InChI is InChI=1S/C14H22N2O2/c1-11(15-10-9-14(17)16(2)3)12-7-5-6-8-13(12)18-4/h5-8,11,15H,9-10H2,1-4H3/t11-/m0/s1. The minimum absolute atomic E-state index is 0.134. The molecule has 0 saturated carbocycles. The van der Waals surface area contributed by atoms with Crippen molar-refractivity contribution in [2.24, 2.45) is 0 Å². The van der Waals surface area contributed by atoms with Crippen molar-refractivity contribution in [2.45, 2.75) is 19.4 Å². The van der Waals surface area contributed by atoms with Gasteiger partial charge in [0.05, 0.1) is 7.11 Å². The third kappa shape index (κ3) is 4.04. The van der Waals surface area contributed by atoms with Crippen molar-refractivity contribution in [3.8, 4) is 5.75 Å². The highest BCUT2D eigenvalue weighted by atomic mass is 16.5. The third-order valence-electron chi connectivity index (χ3n) is 2.89. The molecule has 0 bridgehead atoms. The van der Waals surface area contributed by atoms with E-state index in [4.69, 9.17) is 4.74 Å². The van der Waals surface area contributed by atoms with Gasteiger partial charge in [-0.2, -0.15) is 0 Å². The first kappa shape index (κ1) is 14.5. The second-order valence-corrected chi connectivity index (χ2v) is 4.46. The molecule has 0 aromatic heterocycles. The molecule has 0 radical (unpaired) electrons. The molecule has 1 atom stereocenters. The quantitative estimate of drug-likeness (QED) is 0.837. The van der Waals surface area contributed by atoms with Crippen LogP contribution in [0.15, 0.2) is 24.3 Å². The number of methoxy groups -OCH3 is 1. The monoisotopic (exact) mass is 250 g/mol. The molecule has 100 valence electrons. The fraction of sp³-hybridized carbons (Fsp3) is 0.500. The Morgan fingerprint density at radius 3 is 2.67 bits per heavy atom. The van der Waals surface area contributed by atoms with E-state index in [1.807, 2.05) is 24.3 Å². The molecule has 4 nitrogen and oxygen atoms in total. The van der Waals surface area contributed by atoms with E-state index in [-0.39, 0.29) is 11.9 Å². The van der Waals surface area contributed by atoms with Gasteiger partial charge in [0.25, 0.3) is 0 Å². The van der Waals surface area contributed by atoms with Crippen LogP contribution in [0.2, 0.25) is 0 Å². The van der Waals surface area contributed by atoms with Crippen molar-refractivity contribution < 1.29 is 9.53 Å². The van der Waals surface area contributed by atoms with Crippen LogP contribution in [0, 0.1) is 0 Å². The number of para-hydroxylation sites is 1. The van der Waals surface area contributed by atoms with E-state index in [0.717, 1.165) is 11.3 Å². The van der Waals surface area contributed by atoms with Gasteiger partial charge in [-0.1, -0.05) is 18.2 Å². The van der Waals surface area contributed by atoms with Crippen molar-refractivity contribution >= 4 is 5.91 Å². The molecule has 0 unspecified atom stereocenters. The number of carbonyl (C=O) groups excluding carboxylic acids is 1. The molecule has 0 aliphatic carbocycles. The number of amides is 1. The van der Waals surface area contributed by atoms with Gasteiger partial charge < -0.3 is 15.0 Å². The number of ether oxygens (including phenoxy) is 1. The summed E-state index contributed by atoms with van der Waals surface area (Å²) in [4.78, 5) is 13.1. The van der Waals surface area contributed by atoms with Crippen LogP contribution in [0.3, 0.4) is 0 Å². The van der Waals surface area contributed by atoms with Crippen LogP contribution in [-0.4, -0.2) is 38.6 Å². The summed E-state index contributed by atoms with van der Waals surface area (Å²) < 4.78 is 5.32. The molecule has 0 aliphatic heterocycles. The third-order valence-corrected chi connectivity index (χ3v) is 2.89. The fourth-order valence-corrected chi connectivity index (χ4v) is 1.75. The van der Waals surface area contributed by atoms with Gasteiger partial charge in [0.1, 0.15) is 5.75 Å². The van der Waals surface area contributed by atoms with Crippen LogP contribution in [0.1, 0.15) is 24.9 Å². The molecular weight excluding hydrogens is 228 g/mol. The Kier molecular flexibility index (Phi) is 5.65. The van der Waals surface area contributed by atoms with Gasteiger partial charge >= 0.3 is 0 Å². The van der Waals surface area contributed by atoms with Crippen molar-refractivity contribution in [3.63, 3.8) is 0 Å². The summed E-state index contributed by atoms with van der Waals surface area (Å²) in [6.45, 7) is 2.73. The van der Waals surface area contributed by atoms with E-state index in [2.05, 4.69) is 12.2 Å². The Morgan fingerprint density at radius 1 is 1.39 bits per heavy atom. The molecule has 1 aromatic rings. The van der Waals surface area contributed by atoms with Gasteiger partial charge in [-0.05, 0) is 13.0 Å². The highest BCUT2D eigenvalue weighted by Crippen LogP contribution is 2.24. The molecule has 0 saturated heterocycles. The lowest BCUT2D eigenvalue weighted by Gasteiger charge is -2.17. The van der Waals surface area contributed by atoms with Crippen LogP contribution in [-0.2, 0) is 4.79 Å². The number of benzene rings is 1. The topological polar surface area (TPSA) is 41.6 Å². The molecule has 0 fully saturated rings. The lowest BCUT2D eigenvalue weighted by molar-refractivity contribution is -0.128. The van der Waals surface area contributed by atoms with Crippen molar-refractivity contribution in [1.82, 2.24) is 10.2 Å². The normalized spacial score (nSPS) is 12.0. The molecule has 1 rings (SSSR count). The van der Waals surface area contributed by atoms with E-state index in [0.29, 0.717) is 13.0 Å². The van der Waals surface area contributed by atoms with Gasteiger partial charge in [-0.15, -0.1) is 0 Å². The highest BCUT2D eigenvalue weighted by molar-refractivity contribution is 5.75. The Hall–Kier alpha value is -1.55. The maximum atomic E-state index is 11.4. The predicted octanol–water partition coefficient (Wildman–Crippen LogP) is 1.82. The minimum Gasteiger partial charge on any atom is -0.496 e. The number of carbonyl (C=O) groups is 1. The molecule has 0 heterocycles. The molecule has 18 heavy (non-hydrogen) atoms. The Labute approximate surface area is 109 Å². The molecule has 0 spiro atoms. The van der Waals surface area contributed by atoms with Crippen LogP contribution in [0.25, 0.3) is 0 Å². The largest absolute Gasteiger partial charge is 0.496 e. The van der Waals surface area contributed by atoms with Crippen molar-refractivity contribution in [3.05, 3.63) is 29.8 Å². The van der Waals surface area contributed by atoms with Crippen LogP contribution < -0.4 is 10.1 Å². The van der Waals surface area contributed by atoms with Gasteiger partial charge in [0.2, 0.25) is 5.91 Å². The Balaban J connectivity index is 2.50. The first-order chi connectivity index (χ1) is 8.56. The summed E-state index contributed by atoms with van der Waals surface area (Å²) in [5.74, 6) is 1.01. The second kappa shape index (κ2) is 7.01. The van der Waals surface area contributed by atoms with Crippen LogP contribution >= 0.6 is 0 Å². The zero-order chi connectivity index (χ0) is 13.5. The van der Waals surface area contributed by atoms with Crippen molar-refractivity contribution in [1.29, 1.82) is 0 Å². The summed E-state index contributed by atoms with van der Waals surface area (Å²) in [6, 6.07) is 8.07. The van der Waals surface area contributed by atoms with Crippen LogP contribution in [0.4, 0.5) is 0 Å². The second-order valence-electron chi connectivity index (χ2n) is 4.46. The summed E-state index contributed by atoms with van der Waals surface area (Å²) >= 11 is 0. The molecule has 1 aromatic carbocycles. The summed E-state index contributed by atoms with van der Waals surface area (Å²) in [5.41, 5.74) is 1.11. The highest BCUT2D eigenvalue weighted by Gasteiger charge is 2.11. The number of hydrogen-bond donors (Lipinski definition) is 1. The lowest BCUT2D eigenvalue weighted by Crippen LogP contribution is -2.28. The average molecular weight is 250 g/mol.